The number of nitrogen functional groups attached to an aromatic ring is 1. The van der Waals surface area contributed by atoms with E-state index in [4.69, 9.17) is 24.7 Å². The SMILES string of the molecule is COc1cc(OC)c(C=CS(=O)Cc2cc(C(=O)O)c(-c3ccccc3OC)cc2N)c(OC)c1. The molecule has 0 aromatic heterocycles. The first-order chi connectivity index (χ1) is 16.8. The lowest BCUT2D eigenvalue weighted by molar-refractivity contribution is 0.0697. The Hall–Kier alpha value is -3.98. The van der Waals surface area contributed by atoms with Crippen molar-refractivity contribution in [2.24, 2.45) is 0 Å². The fraction of sp³-hybridized carbons (Fsp3) is 0.192. The second-order valence-electron chi connectivity index (χ2n) is 7.38. The molecule has 0 bridgehead atoms. The third kappa shape index (κ3) is 5.75. The van der Waals surface area contributed by atoms with Gasteiger partial charge in [0.15, 0.2) is 0 Å². The van der Waals surface area contributed by atoms with E-state index in [0.29, 0.717) is 50.9 Å². The Labute approximate surface area is 206 Å². The van der Waals surface area contributed by atoms with Gasteiger partial charge in [0, 0.05) is 34.4 Å². The fourth-order valence-electron chi connectivity index (χ4n) is 3.60. The van der Waals surface area contributed by atoms with Gasteiger partial charge in [-0.25, -0.2) is 4.79 Å². The standard InChI is InChI=1S/C26H27NO7S/c1-31-17-12-24(33-3)19(25(13-17)34-4)9-10-35(30)15-16-11-21(26(28)29)20(14-22(16)27)18-7-5-6-8-23(18)32-2/h5-14H,15,27H2,1-4H3,(H,28,29). The van der Waals surface area contributed by atoms with Crippen LogP contribution >= 0.6 is 0 Å². The molecule has 0 saturated heterocycles. The quantitative estimate of drug-likeness (QED) is 0.391. The Balaban J connectivity index is 1.94. The van der Waals surface area contributed by atoms with Gasteiger partial charge in [-0.2, -0.15) is 0 Å². The van der Waals surface area contributed by atoms with Gasteiger partial charge in [0.1, 0.15) is 23.0 Å². The van der Waals surface area contributed by atoms with Crippen molar-refractivity contribution in [1.82, 2.24) is 0 Å². The molecule has 0 fully saturated rings. The van der Waals surface area contributed by atoms with E-state index in [9.17, 15) is 14.1 Å². The molecule has 8 nitrogen and oxygen atoms in total. The Bertz CT molecular complexity index is 1260. The Morgan fingerprint density at radius 3 is 2.11 bits per heavy atom. The summed E-state index contributed by atoms with van der Waals surface area (Å²) >= 11 is 0. The van der Waals surface area contributed by atoms with Crippen LogP contribution in [-0.4, -0.2) is 43.7 Å². The van der Waals surface area contributed by atoms with Crippen molar-refractivity contribution in [1.29, 1.82) is 0 Å². The van der Waals surface area contributed by atoms with Gasteiger partial charge in [-0.15, -0.1) is 0 Å². The highest BCUT2D eigenvalue weighted by molar-refractivity contribution is 7.87. The monoisotopic (exact) mass is 497 g/mol. The predicted molar refractivity (Wildman–Crippen MR) is 137 cm³/mol. The van der Waals surface area contributed by atoms with Crippen molar-refractivity contribution in [3.8, 4) is 34.1 Å². The molecule has 3 rings (SSSR count). The van der Waals surface area contributed by atoms with E-state index in [-0.39, 0.29) is 11.3 Å². The van der Waals surface area contributed by atoms with Crippen LogP contribution in [-0.2, 0) is 16.6 Å². The number of methoxy groups -OCH3 is 4. The van der Waals surface area contributed by atoms with Crippen molar-refractivity contribution in [3.05, 3.63) is 70.6 Å². The molecule has 0 saturated carbocycles. The highest BCUT2D eigenvalue weighted by Gasteiger charge is 2.19. The molecule has 0 spiro atoms. The number of carbonyl (C=O) groups is 1. The van der Waals surface area contributed by atoms with Gasteiger partial charge in [-0.05, 0) is 29.8 Å². The van der Waals surface area contributed by atoms with E-state index >= 15 is 0 Å². The molecule has 184 valence electrons. The Morgan fingerprint density at radius 1 is 0.914 bits per heavy atom. The molecule has 0 aliphatic rings. The number of para-hydroxylation sites is 1. The van der Waals surface area contributed by atoms with Crippen LogP contribution < -0.4 is 24.7 Å². The third-order valence-corrected chi connectivity index (χ3v) is 6.38. The van der Waals surface area contributed by atoms with E-state index in [0.717, 1.165) is 0 Å². The number of hydrogen-bond acceptors (Lipinski definition) is 7. The normalized spacial score (nSPS) is 11.8. The largest absolute Gasteiger partial charge is 0.496 e. The second-order valence-corrected chi connectivity index (χ2v) is 8.70. The van der Waals surface area contributed by atoms with E-state index in [1.54, 1.807) is 48.5 Å². The van der Waals surface area contributed by atoms with Gasteiger partial charge in [-0.3, -0.25) is 4.21 Å². The van der Waals surface area contributed by atoms with Crippen LogP contribution in [0.3, 0.4) is 0 Å². The van der Waals surface area contributed by atoms with Crippen molar-refractivity contribution >= 4 is 28.5 Å². The van der Waals surface area contributed by atoms with Crippen LogP contribution in [0.15, 0.2) is 53.9 Å². The summed E-state index contributed by atoms with van der Waals surface area (Å²) < 4.78 is 34.3. The molecule has 0 radical (unpaired) electrons. The summed E-state index contributed by atoms with van der Waals surface area (Å²) in [6.07, 6.45) is 1.63. The molecule has 3 aromatic carbocycles. The molecular weight excluding hydrogens is 470 g/mol. The van der Waals surface area contributed by atoms with Gasteiger partial charge in [-0.1, -0.05) is 18.2 Å². The number of carboxylic acids is 1. The van der Waals surface area contributed by atoms with Crippen molar-refractivity contribution in [3.63, 3.8) is 0 Å². The van der Waals surface area contributed by atoms with Crippen molar-refractivity contribution < 1.29 is 33.1 Å². The lowest BCUT2D eigenvalue weighted by Crippen LogP contribution is -2.06. The Morgan fingerprint density at radius 2 is 1.54 bits per heavy atom. The highest BCUT2D eigenvalue weighted by atomic mass is 32.2. The highest BCUT2D eigenvalue weighted by Crippen LogP contribution is 2.36. The van der Waals surface area contributed by atoms with E-state index in [2.05, 4.69) is 0 Å². The molecule has 35 heavy (non-hydrogen) atoms. The number of nitrogens with two attached hydrogens (primary N) is 1. The number of benzene rings is 3. The van der Waals surface area contributed by atoms with Crippen molar-refractivity contribution in [2.45, 2.75) is 5.75 Å². The number of aromatic carboxylic acids is 1. The predicted octanol–water partition coefficient (Wildman–Crippen LogP) is 4.59. The molecule has 0 aliphatic heterocycles. The summed E-state index contributed by atoms with van der Waals surface area (Å²) in [7, 11) is 4.57. The number of ether oxygens (including phenoxy) is 4. The summed E-state index contributed by atoms with van der Waals surface area (Å²) in [5, 5.41) is 11.3. The first-order valence-corrected chi connectivity index (χ1v) is 11.9. The zero-order valence-corrected chi connectivity index (χ0v) is 20.7. The van der Waals surface area contributed by atoms with Gasteiger partial charge in [0.05, 0.1) is 56.1 Å². The van der Waals surface area contributed by atoms with Crippen LogP contribution in [0.5, 0.6) is 23.0 Å². The van der Waals surface area contributed by atoms with Gasteiger partial charge in [0.25, 0.3) is 0 Å². The van der Waals surface area contributed by atoms with Gasteiger partial charge in [0.2, 0.25) is 0 Å². The first kappa shape index (κ1) is 25.6. The topological polar surface area (TPSA) is 117 Å². The van der Waals surface area contributed by atoms with Crippen LogP contribution in [0.25, 0.3) is 17.2 Å². The van der Waals surface area contributed by atoms with Crippen molar-refractivity contribution in [2.75, 3.05) is 34.2 Å². The first-order valence-electron chi connectivity index (χ1n) is 10.5. The minimum atomic E-state index is -1.51. The molecule has 0 heterocycles. The smallest absolute Gasteiger partial charge is 0.336 e. The van der Waals surface area contributed by atoms with E-state index in [1.807, 2.05) is 0 Å². The van der Waals surface area contributed by atoms with Gasteiger partial charge >= 0.3 is 5.97 Å². The fourth-order valence-corrected chi connectivity index (χ4v) is 4.54. The van der Waals surface area contributed by atoms with Crippen LogP contribution in [0, 0.1) is 0 Å². The maximum Gasteiger partial charge on any atom is 0.336 e. The molecule has 3 aromatic rings. The lowest BCUT2D eigenvalue weighted by atomic mass is 9.96. The zero-order valence-electron chi connectivity index (χ0n) is 19.9. The minimum Gasteiger partial charge on any atom is -0.496 e. The minimum absolute atomic E-state index is 0.0234. The van der Waals surface area contributed by atoms with Crippen LogP contribution in [0.4, 0.5) is 5.69 Å². The molecule has 9 heteroatoms. The molecule has 1 atom stereocenters. The average molecular weight is 498 g/mol. The zero-order chi connectivity index (χ0) is 25.5. The summed E-state index contributed by atoms with van der Waals surface area (Å²) in [5.41, 5.74) is 8.70. The average Bonchev–Trinajstić information content (AvgIpc) is 2.87. The summed E-state index contributed by atoms with van der Waals surface area (Å²) in [4.78, 5) is 12.0. The van der Waals surface area contributed by atoms with Gasteiger partial charge < -0.3 is 29.8 Å². The number of rotatable bonds is 10. The lowest BCUT2D eigenvalue weighted by Gasteiger charge is -2.14. The van der Waals surface area contributed by atoms with Crippen LogP contribution in [0.1, 0.15) is 21.5 Å². The molecule has 0 amide bonds. The summed E-state index contributed by atoms with van der Waals surface area (Å²) in [5.74, 6) is 0.959. The maximum absolute atomic E-state index is 12.9. The molecule has 1 unspecified atom stereocenters. The molecule has 3 N–H and O–H groups in total. The number of carboxylic acid groups (broad SMARTS) is 1. The molecule has 0 aliphatic carbocycles. The second kappa shape index (κ2) is 11.4. The van der Waals surface area contributed by atoms with Crippen LogP contribution in [0.2, 0.25) is 0 Å². The van der Waals surface area contributed by atoms with E-state index < -0.39 is 16.8 Å². The summed E-state index contributed by atoms with van der Waals surface area (Å²) in [6.45, 7) is 0. The van der Waals surface area contributed by atoms with E-state index in [1.165, 1.54) is 39.9 Å². The Kier molecular flexibility index (Phi) is 8.38. The number of anilines is 1. The molecular formula is C26H27NO7S. The number of hydrogen-bond donors (Lipinski definition) is 2. The summed E-state index contributed by atoms with van der Waals surface area (Å²) in [6, 6.07) is 13.5. The third-order valence-electron chi connectivity index (χ3n) is 5.34. The maximum atomic E-state index is 12.9.